The van der Waals surface area contributed by atoms with E-state index in [-0.39, 0.29) is 32.5 Å². The Balaban J connectivity index is -0.000000205. The summed E-state index contributed by atoms with van der Waals surface area (Å²) < 4.78 is 0. The molecule has 8 nitrogen and oxygen atoms in total. The summed E-state index contributed by atoms with van der Waals surface area (Å²) in [5, 5.41) is 34.9. The van der Waals surface area contributed by atoms with Gasteiger partial charge in [-0.25, -0.2) is 0 Å². The highest BCUT2D eigenvalue weighted by atomic mass is 16.4. The van der Waals surface area contributed by atoms with Crippen molar-refractivity contribution in [1.82, 2.24) is 0 Å². The van der Waals surface area contributed by atoms with Crippen LogP contribution in [0, 0.1) is 0 Å². The van der Waals surface area contributed by atoms with Crippen LogP contribution in [0.1, 0.15) is 19.3 Å². The van der Waals surface area contributed by atoms with Gasteiger partial charge in [0.2, 0.25) is 0 Å². The van der Waals surface area contributed by atoms with Gasteiger partial charge in [-0.3, -0.25) is 0 Å². The van der Waals surface area contributed by atoms with Gasteiger partial charge in [0.1, 0.15) is 0 Å². The van der Waals surface area contributed by atoms with Gasteiger partial charge in [0.25, 0.3) is 0 Å². The molecule has 0 spiro atoms. The van der Waals surface area contributed by atoms with E-state index < -0.39 is 11.9 Å². The Hall–Kier alpha value is -1.22. The summed E-state index contributed by atoms with van der Waals surface area (Å²) in [5.41, 5.74) is 6.71. The van der Waals surface area contributed by atoms with E-state index in [1.165, 1.54) is 0 Å². The molecule has 0 aromatic carbocycles. The first-order valence-corrected chi connectivity index (χ1v) is 5.16. The number of carbonyl (C=O) groups is 2. The second-order valence-corrected chi connectivity index (χ2v) is 2.75. The Labute approximate surface area is 99.9 Å². The summed E-state index contributed by atoms with van der Waals surface area (Å²) in [4.78, 5) is 19.3. The van der Waals surface area contributed by atoms with Crippen molar-refractivity contribution < 1.29 is 41.5 Å². The Morgan fingerprint density at radius 2 is 1.12 bits per heavy atom. The third-order valence-electron chi connectivity index (χ3n) is 1.08. The molecule has 0 atom stereocenters. The van der Waals surface area contributed by atoms with Gasteiger partial charge in [0.05, 0.1) is 26.3 Å². The molecule has 0 saturated heterocycles. The molecule has 0 rings (SSSR count). The van der Waals surface area contributed by atoms with Crippen LogP contribution in [0.3, 0.4) is 0 Å². The minimum atomic E-state index is -1.23. The number of aliphatic hydroxyl groups is 2. The molecule has 104 valence electrons. The highest BCUT2D eigenvalue weighted by Gasteiger charge is 1.87. The average Bonchev–Trinajstić information content (AvgIpc) is 2.29. The van der Waals surface area contributed by atoms with Gasteiger partial charge in [0, 0.05) is 11.9 Å². The third-order valence-corrected chi connectivity index (χ3v) is 1.08. The Morgan fingerprint density at radius 1 is 0.882 bits per heavy atom. The SMILES string of the molecule is O=C([O-])CCCC(=O)[O-].[NH3+]CCO.[NH3+]CCO. The maximum atomic E-state index is 9.66. The standard InChI is InChI=1S/C5H8O4.2C2H7NO/c6-4(7)2-1-3-5(8)9;2*3-1-2-4/h1-3H2,(H,6,7)(H,8,9);2*4H,1-3H2. The molecule has 0 saturated carbocycles. The molecular formula is C9H22N2O6. The zero-order chi connectivity index (χ0) is 14.1. The maximum Gasteiger partial charge on any atom is 0.0974 e. The summed E-state index contributed by atoms with van der Waals surface area (Å²) in [5.74, 6) is -2.45. The lowest BCUT2D eigenvalue weighted by Gasteiger charge is -2.01. The Bertz CT molecular complexity index is 155. The van der Waals surface area contributed by atoms with Crippen LogP contribution in [0.2, 0.25) is 0 Å². The molecule has 0 aromatic rings. The summed E-state index contributed by atoms with van der Waals surface area (Å²) in [7, 11) is 0. The van der Waals surface area contributed by atoms with Crippen molar-refractivity contribution in [2.75, 3.05) is 26.3 Å². The van der Waals surface area contributed by atoms with Crippen LogP contribution in [-0.2, 0) is 9.59 Å². The van der Waals surface area contributed by atoms with Crippen molar-refractivity contribution in [3.05, 3.63) is 0 Å². The zero-order valence-corrected chi connectivity index (χ0v) is 9.89. The number of aliphatic carboxylic acids is 2. The molecule has 0 radical (unpaired) electrons. The Kier molecular flexibility index (Phi) is 25.1. The van der Waals surface area contributed by atoms with E-state index in [0.29, 0.717) is 13.1 Å². The molecule has 8 N–H and O–H groups in total. The first kappa shape index (κ1) is 21.1. The maximum absolute atomic E-state index is 9.66. The number of carbonyl (C=O) groups excluding carboxylic acids is 2. The monoisotopic (exact) mass is 254 g/mol. The van der Waals surface area contributed by atoms with E-state index in [9.17, 15) is 19.8 Å². The molecule has 0 unspecified atom stereocenters. The van der Waals surface area contributed by atoms with Crippen LogP contribution in [0.5, 0.6) is 0 Å². The van der Waals surface area contributed by atoms with Gasteiger partial charge < -0.3 is 41.5 Å². The number of hydrogen-bond donors (Lipinski definition) is 4. The first-order valence-electron chi connectivity index (χ1n) is 5.16. The van der Waals surface area contributed by atoms with Gasteiger partial charge >= 0.3 is 0 Å². The second kappa shape index (κ2) is 20.2. The number of quaternary nitrogens is 2. The van der Waals surface area contributed by atoms with Gasteiger partial charge in [-0.15, -0.1) is 0 Å². The number of carboxylic acids is 2. The summed E-state index contributed by atoms with van der Waals surface area (Å²) >= 11 is 0. The zero-order valence-electron chi connectivity index (χ0n) is 9.89. The number of carboxylic acid groups (broad SMARTS) is 2. The molecule has 0 amide bonds. The molecule has 0 fully saturated rings. The lowest BCUT2D eigenvalue weighted by molar-refractivity contribution is -0.372. The van der Waals surface area contributed by atoms with Gasteiger partial charge in [-0.2, -0.15) is 0 Å². The van der Waals surface area contributed by atoms with Crippen LogP contribution in [-0.4, -0.2) is 48.5 Å². The van der Waals surface area contributed by atoms with Crippen molar-refractivity contribution in [2.45, 2.75) is 19.3 Å². The van der Waals surface area contributed by atoms with Crippen LogP contribution in [0.15, 0.2) is 0 Å². The fourth-order valence-corrected chi connectivity index (χ4v) is 0.377. The summed E-state index contributed by atoms with van der Waals surface area (Å²) in [6, 6.07) is 0. The lowest BCUT2D eigenvalue weighted by atomic mass is 10.2. The minimum absolute atomic E-state index is 0.0880. The fourth-order valence-electron chi connectivity index (χ4n) is 0.377. The summed E-state index contributed by atoms with van der Waals surface area (Å²) in [6.07, 6.45) is -0.341. The fraction of sp³-hybridized carbons (Fsp3) is 0.778. The van der Waals surface area contributed by atoms with E-state index in [1.807, 2.05) is 0 Å². The van der Waals surface area contributed by atoms with Crippen LogP contribution in [0.25, 0.3) is 0 Å². The second-order valence-electron chi connectivity index (χ2n) is 2.75. The Morgan fingerprint density at radius 3 is 1.24 bits per heavy atom. The summed E-state index contributed by atoms with van der Waals surface area (Å²) in [6.45, 7) is 1.67. The molecule has 0 aromatic heterocycles. The molecular weight excluding hydrogens is 232 g/mol. The third kappa shape index (κ3) is 52.5. The number of aliphatic hydroxyl groups excluding tert-OH is 2. The molecule has 8 heteroatoms. The average molecular weight is 254 g/mol. The van der Waals surface area contributed by atoms with E-state index in [4.69, 9.17) is 10.2 Å². The van der Waals surface area contributed by atoms with Crippen LogP contribution in [0.4, 0.5) is 0 Å². The molecule has 0 aliphatic heterocycles. The van der Waals surface area contributed by atoms with E-state index in [1.54, 1.807) is 0 Å². The molecule has 0 aliphatic carbocycles. The number of hydrogen-bond acceptors (Lipinski definition) is 6. The predicted octanol–water partition coefficient (Wildman–Crippen LogP) is -5.90. The van der Waals surface area contributed by atoms with E-state index in [0.717, 1.165) is 0 Å². The van der Waals surface area contributed by atoms with Crippen molar-refractivity contribution in [3.8, 4) is 0 Å². The van der Waals surface area contributed by atoms with Crippen molar-refractivity contribution >= 4 is 11.9 Å². The first-order chi connectivity index (χ1) is 7.95. The van der Waals surface area contributed by atoms with Gasteiger partial charge in [-0.05, 0) is 19.3 Å². The number of rotatable bonds is 6. The van der Waals surface area contributed by atoms with Crippen molar-refractivity contribution in [1.29, 1.82) is 0 Å². The van der Waals surface area contributed by atoms with Crippen LogP contribution < -0.4 is 21.7 Å². The molecule has 17 heavy (non-hydrogen) atoms. The lowest BCUT2D eigenvalue weighted by Crippen LogP contribution is -2.51. The predicted molar refractivity (Wildman–Crippen MR) is 53.5 cm³/mol. The quantitative estimate of drug-likeness (QED) is 0.366. The topological polar surface area (TPSA) is 176 Å². The van der Waals surface area contributed by atoms with E-state index in [2.05, 4.69) is 11.5 Å². The van der Waals surface area contributed by atoms with Crippen LogP contribution >= 0.6 is 0 Å². The normalized spacial score (nSPS) is 8.24. The van der Waals surface area contributed by atoms with Crippen molar-refractivity contribution in [3.63, 3.8) is 0 Å². The van der Waals surface area contributed by atoms with Crippen molar-refractivity contribution in [2.24, 2.45) is 0 Å². The largest absolute Gasteiger partial charge is 0.550 e. The minimum Gasteiger partial charge on any atom is -0.550 e. The van der Waals surface area contributed by atoms with E-state index >= 15 is 0 Å². The molecule has 0 bridgehead atoms. The molecule has 0 heterocycles. The highest BCUT2D eigenvalue weighted by Crippen LogP contribution is 1.90. The smallest absolute Gasteiger partial charge is 0.0974 e. The van der Waals surface area contributed by atoms with Gasteiger partial charge in [0.15, 0.2) is 0 Å². The van der Waals surface area contributed by atoms with Gasteiger partial charge in [-0.1, -0.05) is 0 Å². The molecule has 0 aliphatic rings. The highest BCUT2D eigenvalue weighted by molar-refractivity contribution is 5.67.